The fourth-order valence-electron chi connectivity index (χ4n) is 2.03. The number of carbonyl (C=O) groups excluding carboxylic acids is 1. The van der Waals surface area contributed by atoms with Crippen molar-refractivity contribution in [2.24, 2.45) is 5.41 Å². The largest absolute Gasteiger partial charge is 0.495 e. The summed E-state index contributed by atoms with van der Waals surface area (Å²) < 4.78 is 5.07. The SMILES string of the molecule is COc1ccc(NC(=O)C2(C)CCC2)cc1N.Cl. The molecule has 0 radical (unpaired) electrons. The molecule has 0 unspecified atom stereocenters. The van der Waals surface area contributed by atoms with E-state index in [0.29, 0.717) is 11.4 Å². The lowest BCUT2D eigenvalue weighted by Crippen LogP contribution is -2.39. The Hall–Kier alpha value is -1.42. The third-order valence-electron chi connectivity index (χ3n) is 3.49. The van der Waals surface area contributed by atoms with Gasteiger partial charge in [0.25, 0.3) is 0 Å². The molecule has 0 spiro atoms. The van der Waals surface area contributed by atoms with Crippen molar-refractivity contribution in [3.63, 3.8) is 0 Å². The minimum absolute atomic E-state index is 0. The van der Waals surface area contributed by atoms with Crippen LogP contribution in [0.1, 0.15) is 26.2 Å². The normalized spacial score (nSPS) is 16.1. The predicted octanol–water partition coefficient (Wildman–Crippen LogP) is 2.83. The molecule has 1 fully saturated rings. The van der Waals surface area contributed by atoms with E-state index in [1.54, 1.807) is 25.3 Å². The Labute approximate surface area is 113 Å². The van der Waals surface area contributed by atoms with Crippen LogP contribution in [0.25, 0.3) is 0 Å². The third-order valence-corrected chi connectivity index (χ3v) is 3.49. The van der Waals surface area contributed by atoms with Gasteiger partial charge in [-0.1, -0.05) is 13.3 Å². The molecule has 1 aliphatic carbocycles. The van der Waals surface area contributed by atoms with Crippen molar-refractivity contribution in [2.45, 2.75) is 26.2 Å². The summed E-state index contributed by atoms with van der Waals surface area (Å²) in [6.07, 6.45) is 3.06. The molecule has 0 heterocycles. The molecule has 1 aliphatic rings. The highest BCUT2D eigenvalue weighted by Gasteiger charge is 2.39. The molecule has 1 aromatic rings. The molecule has 0 saturated heterocycles. The number of benzene rings is 1. The number of hydrogen-bond donors (Lipinski definition) is 2. The number of amides is 1. The average molecular weight is 271 g/mol. The molecular formula is C13H19ClN2O2. The molecule has 1 amide bonds. The Bertz CT molecular complexity index is 445. The molecule has 18 heavy (non-hydrogen) atoms. The van der Waals surface area contributed by atoms with Gasteiger partial charge >= 0.3 is 0 Å². The van der Waals surface area contributed by atoms with Crippen LogP contribution in [-0.2, 0) is 4.79 Å². The van der Waals surface area contributed by atoms with Crippen LogP contribution in [0.4, 0.5) is 11.4 Å². The highest BCUT2D eigenvalue weighted by molar-refractivity contribution is 5.96. The van der Waals surface area contributed by atoms with Gasteiger partial charge in [0.15, 0.2) is 0 Å². The zero-order valence-electron chi connectivity index (χ0n) is 10.7. The smallest absolute Gasteiger partial charge is 0.230 e. The van der Waals surface area contributed by atoms with Gasteiger partial charge in [0.1, 0.15) is 5.75 Å². The van der Waals surface area contributed by atoms with Crippen LogP contribution >= 0.6 is 12.4 Å². The van der Waals surface area contributed by atoms with Gasteiger partial charge in [0.2, 0.25) is 5.91 Å². The van der Waals surface area contributed by atoms with Crippen molar-refractivity contribution >= 4 is 29.7 Å². The summed E-state index contributed by atoms with van der Waals surface area (Å²) in [5.74, 6) is 0.700. The van der Waals surface area contributed by atoms with Crippen LogP contribution in [0, 0.1) is 5.41 Å². The standard InChI is InChI=1S/C13H18N2O2.ClH/c1-13(6-3-7-13)12(16)15-9-4-5-11(17-2)10(14)8-9;/h4-5,8H,3,6-7,14H2,1-2H3,(H,15,16);1H. The zero-order chi connectivity index (χ0) is 12.5. The van der Waals surface area contributed by atoms with E-state index in [4.69, 9.17) is 10.5 Å². The quantitative estimate of drug-likeness (QED) is 0.830. The van der Waals surface area contributed by atoms with E-state index in [0.717, 1.165) is 24.9 Å². The predicted molar refractivity (Wildman–Crippen MR) is 75.2 cm³/mol. The Balaban J connectivity index is 0.00000162. The minimum atomic E-state index is -0.200. The maximum absolute atomic E-state index is 12.0. The lowest BCUT2D eigenvalue weighted by Gasteiger charge is -2.36. The molecule has 4 nitrogen and oxygen atoms in total. The highest BCUT2D eigenvalue weighted by Crippen LogP contribution is 2.41. The summed E-state index contributed by atoms with van der Waals surface area (Å²) in [6.45, 7) is 2.00. The number of nitrogens with two attached hydrogens (primary N) is 1. The third kappa shape index (κ3) is 2.70. The first-order chi connectivity index (χ1) is 8.05. The molecule has 0 bridgehead atoms. The molecule has 1 aromatic carbocycles. The summed E-state index contributed by atoms with van der Waals surface area (Å²) in [5.41, 5.74) is 6.84. The van der Waals surface area contributed by atoms with E-state index in [-0.39, 0.29) is 23.7 Å². The topological polar surface area (TPSA) is 64.3 Å². The molecular weight excluding hydrogens is 252 g/mol. The van der Waals surface area contributed by atoms with Crippen LogP contribution in [0.2, 0.25) is 0 Å². The molecule has 5 heteroatoms. The van der Waals surface area contributed by atoms with E-state index in [2.05, 4.69) is 5.32 Å². The first-order valence-corrected chi connectivity index (χ1v) is 5.80. The Kier molecular flexibility index (Phi) is 4.46. The second-order valence-corrected chi connectivity index (χ2v) is 4.83. The summed E-state index contributed by atoms with van der Waals surface area (Å²) in [6, 6.07) is 5.28. The van der Waals surface area contributed by atoms with Gasteiger partial charge in [-0.2, -0.15) is 0 Å². The summed E-state index contributed by atoms with van der Waals surface area (Å²) >= 11 is 0. The Morgan fingerprint density at radius 1 is 1.44 bits per heavy atom. The molecule has 0 aliphatic heterocycles. The van der Waals surface area contributed by atoms with E-state index in [9.17, 15) is 4.79 Å². The number of rotatable bonds is 3. The zero-order valence-corrected chi connectivity index (χ0v) is 11.5. The average Bonchev–Trinajstić information content (AvgIpc) is 2.26. The highest BCUT2D eigenvalue weighted by atomic mass is 35.5. The van der Waals surface area contributed by atoms with Crippen LogP contribution in [0.5, 0.6) is 5.75 Å². The number of anilines is 2. The monoisotopic (exact) mass is 270 g/mol. The maximum atomic E-state index is 12.0. The second kappa shape index (κ2) is 5.48. The van der Waals surface area contributed by atoms with Crippen molar-refractivity contribution in [1.82, 2.24) is 0 Å². The van der Waals surface area contributed by atoms with Crippen molar-refractivity contribution < 1.29 is 9.53 Å². The van der Waals surface area contributed by atoms with E-state index < -0.39 is 0 Å². The van der Waals surface area contributed by atoms with Crippen molar-refractivity contribution in [2.75, 3.05) is 18.2 Å². The van der Waals surface area contributed by atoms with Gasteiger partial charge in [-0.25, -0.2) is 0 Å². The van der Waals surface area contributed by atoms with Crippen LogP contribution < -0.4 is 15.8 Å². The van der Waals surface area contributed by atoms with Crippen LogP contribution in [-0.4, -0.2) is 13.0 Å². The van der Waals surface area contributed by atoms with Gasteiger partial charge in [-0.3, -0.25) is 4.79 Å². The second-order valence-electron chi connectivity index (χ2n) is 4.83. The minimum Gasteiger partial charge on any atom is -0.495 e. The Morgan fingerprint density at radius 2 is 2.11 bits per heavy atom. The molecule has 1 saturated carbocycles. The number of methoxy groups -OCH3 is 1. The van der Waals surface area contributed by atoms with Crippen LogP contribution in [0.3, 0.4) is 0 Å². The maximum Gasteiger partial charge on any atom is 0.230 e. The first kappa shape index (κ1) is 14.6. The number of nitrogens with one attached hydrogen (secondary N) is 1. The lowest BCUT2D eigenvalue weighted by atomic mass is 9.70. The summed E-state index contributed by atoms with van der Waals surface area (Å²) in [5, 5.41) is 2.90. The number of ether oxygens (including phenoxy) is 1. The fraction of sp³-hybridized carbons (Fsp3) is 0.462. The van der Waals surface area contributed by atoms with Crippen molar-refractivity contribution in [1.29, 1.82) is 0 Å². The summed E-state index contributed by atoms with van der Waals surface area (Å²) in [7, 11) is 1.57. The number of nitrogen functional groups attached to an aromatic ring is 1. The van der Waals surface area contributed by atoms with Gasteiger partial charge in [-0.05, 0) is 31.0 Å². The first-order valence-electron chi connectivity index (χ1n) is 5.80. The molecule has 0 aromatic heterocycles. The summed E-state index contributed by atoms with van der Waals surface area (Å²) in [4.78, 5) is 12.0. The van der Waals surface area contributed by atoms with Gasteiger partial charge in [0.05, 0.1) is 12.8 Å². The molecule has 0 atom stereocenters. The lowest BCUT2D eigenvalue weighted by molar-refractivity contribution is -0.128. The van der Waals surface area contributed by atoms with Crippen LogP contribution in [0.15, 0.2) is 18.2 Å². The number of halogens is 1. The van der Waals surface area contributed by atoms with Gasteiger partial charge < -0.3 is 15.8 Å². The van der Waals surface area contributed by atoms with E-state index in [1.165, 1.54) is 0 Å². The van der Waals surface area contributed by atoms with E-state index in [1.807, 2.05) is 6.92 Å². The van der Waals surface area contributed by atoms with E-state index >= 15 is 0 Å². The Morgan fingerprint density at radius 3 is 2.56 bits per heavy atom. The number of carbonyl (C=O) groups is 1. The van der Waals surface area contributed by atoms with Gasteiger partial charge in [0, 0.05) is 11.1 Å². The van der Waals surface area contributed by atoms with Crippen molar-refractivity contribution in [3.8, 4) is 5.75 Å². The molecule has 3 N–H and O–H groups in total. The van der Waals surface area contributed by atoms with Crippen molar-refractivity contribution in [3.05, 3.63) is 18.2 Å². The number of hydrogen-bond acceptors (Lipinski definition) is 3. The molecule has 100 valence electrons. The van der Waals surface area contributed by atoms with Gasteiger partial charge in [-0.15, -0.1) is 12.4 Å². The fourth-order valence-corrected chi connectivity index (χ4v) is 2.03. The molecule has 2 rings (SSSR count).